The van der Waals surface area contributed by atoms with E-state index in [1.54, 1.807) is 24.3 Å². The lowest BCUT2D eigenvalue weighted by atomic mass is 9.97. The van der Waals surface area contributed by atoms with Crippen molar-refractivity contribution in [3.8, 4) is 11.9 Å². The Bertz CT molecular complexity index is 1180. The van der Waals surface area contributed by atoms with Crippen molar-refractivity contribution in [3.63, 3.8) is 0 Å². The number of ketones is 1. The second kappa shape index (κ2) is 7.89. The van der Waals surface area contributed by atoms with E-state index in [4.69, 9.17) is 23.2 Å². The topological polar surface area (TPSA) is 83.1 Å². The zero-order valence-corrected chi connectivity index (χ0v) is 16.3. The molecule has 0 radical (unpaired) electrons. The molecule has 0 amide bonds. The second-order valence-corrected chi connectivity index (χ2v) is 6.98. The van der Waals surface area contributed by atoms with Crippen LogP contribution in [0.4, 0.5) is 0 Å². The van der Waals surface area contributed by atoms with Gasteiger partial charge in [-0.05, 0) is 36.2 Å². The Labute approximate surface area is 171 Å². The lowest BCUT2D eigenvalue weighted by Crippen LogP contribution is -2.27. The average molecular weight is 413 g/mol. The summed E-state index contributed by atoms with van der Waals surface area (Å²) in [6.45, 7) is 1.46. The number of hydrogen-bond acceptors (Lipinski definition) is 4. The number of nitriles is 1. The smallest absolute Gasteiger partial charge is 0.271 e. The highest BCUT2D eigenvalue weighted by Crippen LogP contribution is 2.29. The minimum atomic E-state index is -0.667. The Morgan fingerprint density at radius 3 is 2.46 bits per heavy atom. The number of aromatic hydroxyl groups is 1. The van der Waals surface area contributed by atoms with E-state index in [0.29, 0.717) is 5.02 Å². The van der Waals surface area contributed by atoms with E-state index in [1.165, 1.54) is 25.1 Å². The van der Waals surface area contributed by atoms with Crippen molar-refractivity contribution in [1.82, 2.24) is 4.57 Å². The number of halogens is 2. The third kappa shape index (κ3) is 3.53. The van der Waals surface area contributed by atoms with Crippen LogP contribution in [0.2, 0.25) is 10.0 Å². The van der Waals surface area contributed by atoms with Crippen molar-refractivity contribution in [2.75, 3.05) is 0 Å². The Balaban J connectivity index is 2.24. The lowest BCUT2D eigenvalue weighted by Gasteiger charge is -2.16. The molecule has 140 valence electrons. The van der Waals surface area contributed by atoms with E-state index in [0.717, 1.165) is 10.1 Å². The first-order chi connectivity index (χ1) is 13.3. The van der Waals surface area contributed by atoms with E-state index >= 15 is 0 Å². The van der Waals surface area contributed by atoms with Gasteiger partial charge < -0.3 is 5.11 Å². The van der Waals surface area contributed by atoms with Crippen LogP contribution in [0.5, 0.6) is 5.88 Å². The SMILES string of the molecule is Cc1c(C(=O)c2ccc(Cl)cc2Cl)c(O)n(Cc2ccccc2)c(=O)c1C#N. The molecule has 0 bridgehead atoms. The summed E-state index contributed by atoms with van der Waals surface area (Å²) in [7, 11) is 0. The number of carbonyl (C=O) groups excluding carboxylic acids is 1. The second-order valence-electron chi connectivity index (χ2n) is 6.14. The summed E-state index contributed by atoms with van der Waals surface area (Å²) in [5.74, 6) is -1.11. The molecule has 0 atom stereocenters. The molecule has 1 N–H and O–H groups in total. The number of pyridine rings is 1. The van der Waals surface area contributed by atoms with Crippen molar-refractivity contribution >= 4 is 29.0 Å². The zero-order chi connectivity index (χ0) is 20.4. The van der Waals surface area contributed by atoms with Gasteiger partial charge in [0.25, 0.3) is 5.56 Å². The zero-order valence-electron chi connectivity index (χ0n) is 14.7. The molecule has 3 rings (SSSR count). The average Bonchev–Trinajstić information content (AvgIpc) is 2.66. The fourth-order valence-electron chi connectivity index (χ4n) is 2.94. The van der Waals surface area contributed by atoms with E-state index in [-0.39, 0.29) is 33.8 Å². The number of benzene rings is 2. The van der Waals surface area contributed by atoms with E-state index in [9.17, 15) is 20.0 Å². The molecule has 5 nitrogen and oxygen atoms in total. The first kappa shape index (κ1) is 19.7. The molecule has 0 saturated heterocycles. The molecule has 0 aliphatic heterocycles. The highest BCUT2D eigenvalue weighted by molar-refractivity contribution is 6.37. The summed E-state index contributed by atoms with van der Waals surface area (Å²) in [5.41, 5.74) is -0.0715. The van der Waals surface area contributed by atoms with Crippen molar-refractivity contribution in [3.05, 3.63) is 96.7 Å². The lowest BCUT2D eigenvalue weighted by molar-refractivity contribution is 0.103. The molecular weight excluding hydrogens is 399 g/mol. The summed E-state index contributed by atoms with van der Waals surface area (Å²) >= 11 is 12.0. The minimum absolute atomic E-state index is 0.00902. The number of hydrogen-bond donors (Lipinski definition) is 1. The highest BCUT2D eigenvalue weighted by atomic mass is 35.5. The summed E-state index contributed by atoms with van der Waals surface area (Å²) in [4.78, 5) is 25.8. The van der Waals surface area contributed by atoms with Crippen LogP contribution >= 0.6 is 23.2 Å². The van der Waals surface area contributed by atoms with Crippen LogP contribution in [0.15, 0.2) is 53.3 Å². The van der Waals surface area contributed by atoms with Crippen LogP contribution in [0.25, 0.3) is 0 Å². The molecule has 2 aromatic carbocycles. The van der Waals surface area contributed by atoms with Gasteiger partial charge in [-0.2, -0.15) is 5.26 Å². The highest BCUT2D eigenvalue weighted by Gasteiger charge is 2.26. The van der Waals surface area contributed by atoms with Crippen LogP contribution in [0.1, 0.15) is 32.6 Å². The number of aromatic nitrogens is 1. The maximum atomic E-state index is 13.1. The molecule has 0 saturated carbocycles. The number of nitrogens with zero attached hydrogens (tertiary/aromatic N) is 2. The van der Waals surface area contributed by atoms with Gasteiger partial charge in [-0.25, -0.2) is 0 Å². The maximum absolute atomic E-state index is 13.1. The molecule has 0 aliphatic carbocycles. The van der Waals surface area contributed by atoms with E-state index < -0.39 is 17.2 Å². The van der Waals surface area contributed by atoms with E-state index in [1.807, 2.05) is 12.1 Å². The molecular formula is C21H14Cl2N2O3. The molecule has 1 heterocycles. The van der Waals surface area contributed by atoms with Crippen LogP contribution in [-0.2, 0) is 6.54 Å². The van der Waals surface area contributed by atoms with Crippen LogP contribution < -0.4 is 5.56 Å². The summed E-state index contributed by atoms with van der Waals surface area (Å²) in [6, 6.07) is 15.1. The fraction of sp³-hybridized carbons (Fsp3) is 0.0952. The van der Waals surface area contributed by atoms with Crippen molar-refractivity contribution in [2.45, 2.75) is 13.5 Å². The fourth-order valence-corrected chi connectivity index (χ4v) is 3.44. The molecule has 0 spiro atoms. The molecule has 0 aliphatic rings. The van der Waals surface area contributed by atoms with Crippen molar-refractivity contribution < 1.29 is 9.90 Å². The Hall–Kier alpha value is -3.07. The molecule has 0 unspecified atom stereocenters. The first-order valence-corrected chi connectivity index (χ1v) is 9.01. The standard InChI is InChI=1S/C21H14Cl2N2O3/c1-12-16(10-24)20(27)25(11-13-5-3-2-4-6-13)21(28)18(12)19(26)15-8-7-14(22)9-17(15)23/h2-9,28H,11H2,1H3. The summed E-state index contributed by atoms with van der Waals surface area (Å²) < 4.78 is 1.01. The van der Waals surface area contributed by atoms with Gasteiger partial charge in [0.05, 0.1) is 17.1 Å². The number of rotatable bonds is 4. The predicted octanol–water partition coefficient (Wildman–Crippen LogP) is 4.32. The third-order valence-electron chi connectivity index (χ3n) is 4.39. The number of carbonyl (C=O) groups is 1. The molecule has 1 aromatic heterocycles. The Morgan fingerprint density at radius 1 is 1.18 bits per heavy atom. The first-order valence-electron chi connectivity index (χ1n) is 8.25. The van der Waals surface area contributed by atoms with Gasteiger partial charge in [0.2, 0.25) is 5.88 Å². The molecule has 3 aromatic rings. The van der Waals surface area contributed by atoms with Crippen molar-refractivity contribution in [2.24, 2.45) is 0 Å². The molecule has 7 heteroatoms. The van der Waals surface area contributed by atoms with Gasteiger partial charge in [0.15, 0.2) is 5.78 Å². The Kier molecular flexibility index (Phi) is 5.55. The predicted molar refractivity (Wildman–Crippen MR) is 107 cm³/mol. The van der Waals surface area contributed by atoms with Crippen LogP contribution in [0, 0.1) is 18.3 Å². The minimum Gasteiger partial charge on any atom is -0.494 e. The van der Waals surface area contributed by atoms with Crippen LogP contribution in [-0.4, -0.2) is 15.5 Å². The van der Waals surface area contributed by atoms with E-state index in [2.05, 4.69) is 0 Å². The van der Waals surface area contributed by atoms with Gasteiger partial charge in [-0.3, -0.25) is 14.2 Å². The van der Waals surface area contributed by atoms with Gasteiger partial charge in [-0.15, -0.1) is 0 Å². The van der Waals surface area contributed by atoms with Gasteiger partial charge in [0.1, 0.15) is 11.6 Å². The quantitative estimate of drug-likeness (QED) is 0.646. The third-order valence-corrected chi connectivity index (χ3v) is 4.93. The van der Waals surface area contributed by atoms with Gasteiger partial charge in [0, 0.05) is 10.6 Å². The Morgan fingerprint density at radius 2 is 1.86 bits per heavy atom. The van der Waals surface area contributed by atoms with Crippen LogP contribution in [0.3, 0.4) is 0 Å². The molecule has 28 heavy (non-hydrogen) atoms. The molecule has 0 fully saturated rings. The van der Waals surface area contributed by atoms with Crippen molar-refractivity contribution in [1.29, 1.82) is 5.26 Å². The van der Waals surface area contributed by atoms with Gasteiger partial charge >= 0.3 is 0 Å². The van der Waals surface area contributed by atoms with Gasteiger partial charge in [-0.1, -0.05) is 53.5 Å². The largest absolute Gasteiger partial charge is 0.494 e. The monoisotopic (exact) mass is 412 g/mol. The summed E-state index contributed by atoms with van der Waals surface area (Å²) in [5, 5.41) is 20.7. The summed E-state index contributed by atoms with van der Waals surface area (Å²) in [6.07, 6.45) is 0. The maximum Gasteiger partial charge on any atom is 0.271 e. The normalized spacial score (nSPS) is 10.5.